The summed E-state index contributed by atoms with van der Waals surface area (Å²) in [5, 5.41) is 15.4. The molecule has 0 radical (unpaired) electrons. The van der Waals surface area contributed by atoms with Gasteiger partial charge in [0.1, 0.15) is 11.3 Å². The number of alkyl halides is 3. The Morgan fingerprint density at radius 2 is 1.96 bits per heavy atom. The fraction of sp³-hybridized carbons (Fsp3) is 0.444. The molecule has 0 spiro atoms. The molecule has 0 aliphatic heterocycles. The van der Waals surface area contributed by atoms with Crippen LogP contribution in [-0.2, 0) is 12.7 Å². The molecule has 0 fully saturated rings. The number of halogens is 3. The van der Waals surface area contributed by atoms with Crippen molar-refractivity contribution in [3.05, 3.63) is 51.9 Å². The van der Waals surface area contributed by atoms with E-state index in [1.54, 1.807) is 31.2 Å². The van der Waals surface area contributed by atoms with Crippen molar-refractivity contribution in [3.63, 3.8) is 0 Å². The normalized spacial score (nSPS) is 12.7. The van der Waals surface area contributed by atoms with Gasteiger partial charge in [0.25, 0.3) is 5.56 Å². The zero-order valence-electron chi connectivity index (χ0n) is 15.1. The van der Waals surface area contributed by atoms with Crippen LogP contribution in [0.3, 0.4) is 0 Å². The first kappa shape index (κ1) is 20.8. The molecule has 2 rings (SSSR count). The van der Waals surface area contributed by atoms with Crippen LogP contribution in [-0.4, -0.2) is 34.6 Å². The zero-order valence-corrected chi connectivity index (χ0v) is 15.1. The largest absolute Gasteiger partial charge is 0.497 e. The van der Waals surface area contributed by atoms with Gasteiger partial charge >= 0.3 is 6.18 Å². The maximum Gasteiger partial charge on any atom is 0.423 e. The summed E-state index contributed by atoms with van der Waals surface area (Å²) in [7, 11) is 1.50. The highest BCUT2D eigenvalue weighted by molar-refractivity contribution is 5.50. The van der Waals surface area contributed by atoms with Gasteiger partial charge in [0.05, 0.1) is 25.5 Å². The van der Waals surface area contributed by atoms with Crippen molar-refractivity contribution in [2.24, 2.45) is 0 Å². The average Bonchev–Trinajstić information content (AvgIpc) is 2.61. The third-order valence-electron chi connectivity index (χ3n) is 4.02. The molecule has 2 aromatic rings. The van der Waals surface area contributed by atoms with Gasteiger partial charge in [-0.2, -0.15) is 18.3 Å². The van der Waals surface area contributed by atoms with E-state index in [4.69, 9.17) is 9.84 Å². The van der Waals surface area contributed by atoms with Crippen molar-refractivity contribution in [3.8, 4) is 5.75 Å². The molecular formula is C18H22F3N3O3. The minimum absolute atomic E-state index is 0.0557. The Hall–Kier alpha value is -2.55. The molecule has 0 aliphatic carbocycles. The third kappa shape index (κ3) is 5.46. The Morgan fingerprint density at radius 3 is 2.52 bits per heavy atom. The number of aromatic nitrogens is 2. The number of hydrogen-bond acceptors (Lipinski definition) is 5. The number of anilines is 1. The summed E-state index contributed by atoms with van der Waals surface area (Å²) in [5.74, 6) is 0.603. The van der Waals surface area contributed by atoms with E-state index in [-0.39, 0.29) is 24.9 Å². The van der Waals surface area contributed by atoms with Gasteiger partial charge in [-0.05, 0) is 37.5 Å². The van der Waals surface area contributed by atoms with Crippen LogP contribution in [0.5, 0.6) is 5.75 Å². The van der Waals surface area contributed by atoms with Crippen molar-refractivity contribution < 1.29 is 23.0 Å². The van der Waals surface area contributed by atoms with Crippen LogP contribution in [0, 0.1) is 0 Å². The Kier molecular flexibility index (Phi) is 6.84. The number of rotatable bonds is 8. The summed E-state index contributed by atoms with van der Waals surface area (Å²) in [5.41, 5.74) is -2.22. The lowest BCUT2D eigenvalue weighted by Crippen LogP contribution is -2.33. The summed E-state index contributed by atoms with van der Waals surface area (Å²) in [4.78, 5) is 12.4. The number of aliphatic hydroxyl groups is 1. The molecule has 27 heavy (non-hydrogen) atoms. The molecule has 0 saturated heterocycles. The fourth-order valence-electron chi connectivity index (χ4n) is 2.62. The zero-order chi connectivity index (χ0) is 20.0. The molecule has 0 bridgehead atoms. The number of methoxy groups -OCH3 is 1. The van der Waals surface area contributed by atoms with Crippen molar-refractivity contribution in [1.82, 2.24) is 9.78 Å². The minimum Gasteiger partial charge on any atom is -0.497 e. The molecule has 6 nitrogen and oxygen atoms in total. The predicted molar refractivity (Wildman–Crippen MR) is 95.0 cm³/mol. The molecule has 0 unspecified atom stereocenters. The lowest BCUT2D eigenvalue weighted by molar-refractivity contribution is -0.138. The second-order valence-corrected chi connectivity index (χ2v) is 6.15. The molecular weight excluding hydrogens is 363 g/mol. The van der Waals surface area contributed by atoms with Gasteiger partial charge in [-0.25, -0.2) is 4.68 Å². The molecule has 1 aromatic carbocycles. The predicted octanol–water partition coefficient (Wildman–Crippen LogP) is 2.89. The topological polar surface area (TPSA) is 76.4 Å². The molecule has 0 amide bonds. The first-order valence-electron chi connectivity index (χ1n) is 8.44. The first-order valence-corrected chi connectivity index (χ1v) is 8.44. The Bertz CT molecular complexity index is 804. The second kappa shape index (κ2) is 8.90. The second-order valence-electron chi connectivity index (χ2n) is 6.15. The Labute approximate surface area is 154 Å². The number of hydrogen-bond donors (Lipinski definition) is 2. The molecule has 1 atom stereocenters. The molecule has 0 saturated carbocycles. The standard InChI is InChI=1S/C18H22F3N3O3/c1-12(4-3-9-25)23-15-10-22-24(17(26)16(15)18(19,20)21)11-13-5-7-14(27-2)8-6-13/h5-8,10,12,23,25H,3-4,9,11H2,1-2H3/t12-/m0/s1. The molecule has 0 aliphatic rings. The lowest BCUT2D eigenvalue weighted by atomic mass is 10.1. The van der Waals surface area contributed by atoms with Gasteiger partial charge in [0.15, 0.2) is 0 Å². The van der Waals surface area contributed by atoms with Crippen LogP contribution in [0.1, 0.15) is 30.9 Å². The van der Waals surface area contributed by atoms with Crippen LogP contribution < -0.4 is 15.6 Å². The molecule has 2 N–H and O–H groups in total. The van der Waals surface area contributed by atoms with E-state index < -0.39 is 17.3 Å². The lowest BCUT2D eigenvalue weighted by Gasteiger charge is -2.19. The van der Waals surface area contributed by atoms with Crippen LogP contribution >= 0.6 is 0 Å². The molecule has 1 aromatic heterocycles. The van der Waals surface area contributed by atoms with Crippen LogP contribution in [0.25, 0.3) is 0 Å². The number of aliphatic hydroxyl groups excluding tert-OH is 1. The highest BCUT2D eigenvalue weighted by atomic mass is 19.4. The number of benzene rings is 1. The van der Waals surface area contributed by atoms with Crippen LogP contribution in [0.4, 0.5) is 18.9 Å². The van der Waals surface area contributed by atoms with Crippen molar-refractivity contribution >= 4 is 5.69 Å². The highest BCUT2D eigenvalue weighted by Crippen LogP contribution is 2.32. The van der Waals surface area contributed by atoms with E-state index in [1.807, 2.05) is 0 Å². The van der Waals surface area contributed by atoms with Gasteiger partial charge in [0, 0.05) is 12.6 Å². The summed E-state index contributed by atoms with van der Waals surface area (Å²) < 4.78 is 46.3. The third-order valence-corrected chi connectivity index (χ3v) is 4.02. The quantitative estimate of drug-likeness (QED) is 0.731. The summed E-state index contributed by atoms with van der Waals surface area (Å²) in [6.45, 7) is 1.53. The van der Waals surface area contributed by atoms with E-state index in [0.29, 0.717) is 24.2 Å². The van der Waals surface area contributed by atoms with Crippen LogP contribution in [0.15, 0.2) is 35.3 Å². The Morgan fingerprint density at radius 1 is 1.30 bits per heavy atom. The number of nitrogens with zero attached hydrogens (tertiary/aromatic N) is 2. The first-order chi connectivity index (χ1) is 12.8. The van der Waals surface area contributed by atoms with Gasteiger partial charge < -0.3 is 15.2 Å². The van der Waals surface area contributed by atoms with Crippen molar-refractivity contribution in [1.29, 1.82) is 0 Å². The SMILES string of the molecule is COc1ccc(Cn2ncc(N[C@@H](C)CCCO)c(C(F)(F)F)c2=O)cc1. The van der Waals surface area contributed by atoms with Gasteiger partial charge in [-0.15, -0.1) is 0 Å². The minimum atomic E-state index is -4.82. The Balaban J connectivity index is 2.33. The van der Waals surface area contributed by atoms with E-state index in [9.17, 15) is 18.0 Å². The van der Waals surface area contributed by atoms with Crippen molar-refractivity contribution in [2.75, 3.05) is 19.0 Å². The van der Waals surface area contributed by atoms with Gasteiger partial charge in [-0.1, -0.05) is 12.1 Å². The number of nitrogens with one attached hydrogen (secondary N) is 1. The molecule has 1 heterocycles. The monoisotopic (exact) mass is 385 g/mol. The van der Waals surface area contributed by atoms with Crippen molar-refractivity contribution in [2.45, 2.75) is 38.5 Å². The highest BCUT2D eigenvalue weighted by Gasteiger charge is 2.38. The van der Waals surface area contributed by atoms with E-state index in [1.165, 1.54) is 7.11 Å². The van der Waals surface area contributed by atoms with Crippen LogP contribution in [0.2, 0.25) is 0 Å². The molecule has 148 valence electrons. The summed E-state index contributed by atoms with van der Waals surface area (Å²) in [6, 6.07) is 6.28. The number of ether oxygens (including phenoxy) is 1. The van der Waals surface area contributed by atoms with E-state index >= 15 is 0 Å². The van der Waals surface area contributed by atoms with E-state index in [2.05, 4.69) is 10.4 Å². The van der Waals surface area contributed by atoms with Gasteiger partial charge in [-0.3, -0.25) is 4.79 Å². The maximum atomic E-state index is 13.5. The fourth-order valence-corrected chi connectivity index (χ4v) is 2.62. The maximum absolute atomic E-state index is 13.5. The molecule has 9 heteroatoms. The average molecular weight is 385 g/mol. The summed E-state index contributed by atoms with van der Waals surface area (Å²) >= 11 is 0. The van der Waals surface area contributed by atoms with E-state index in [0.717, 1.165) is 10.9 Å². The smallest absolute Gasteiger partial charge is 0.423 e. The van der Waals surface area contributed by atoms with Gasteiger partial charge in [0.2, 0.25) is 0 Å². The summed E-state index contributed by atoms with van der Waals surface area (Å²) in [6.07, 6.45) is -2.90.